The van der Waals surface area contributed by atoms with Gasteiger partial charge in [0.15, 0.2) is 6.61 Å². The number of carbonyl (C=O) groups is 2. The van der Waals surface area contributed by atoms with Crippen molar-refractivity contribution in [1.29, 1.82) is 5.26 Å². The molecular formula is C24H24ClN3O3. The lowest BCUT2D eigenvalue weighted by atomic mass is 9.95. The highest BCUT2D eigenvalue weighted by atomic mass is 35.5. The van der Waals surface area contributed by atoms with E-state index >= 15 is 0 Å². The van der Waals surface area contributed by atoms with Crippen molar-refractivity contribution in [2.24, 2.45) is 0 Å². The summed E-state index contributed by atoms with van der Waals surface area (Å²) >= 11 is 5.90. The van der Waals surface area contributed by atoms with Crippen molar-refractivity contribution >= 4 is 35.2 Å². The molecule has 31 heavy (non-hydrogen) atoms. The minimum atomic E-state index is -0.340. The van der Waals surface area contributed by atoms with E-state index in [1.54, 1.807) is 54.6 Å². The lowest BCUT2D eigenvalue weighted by molar-refractivity contribution is -0.118. The van der Waals surface area contributed by atoms with Crippen LogP contribution in [0.1, 0.15) is 37.7 Å². The number of halogens is 1. The third kappa shape index (κ3) is 7.16. The van der Waals surface area contributed by atoms with E-state index in [0.29, 0.717) is 22.0 Å². The number of nitrogens with one attached hydrogen (secondary N) is 2. The van der Waals surface area contributed by atoms with E-state index in [4.69, 9.17) is 16.3 Å². The summed E-state index contributed by atoms with van der Waals surface area (Å²) in [5.41, 5.74) is 1.36. The number of carbonyl (C=O) groups excluding carboxylic acids is 2. The van der Waals surface area contributed by atoms with E-state index in [-0.39, 0.29) is 30.0 Å². The van der Waals surface area contributed by atoms with Crippen LogP contribution in [0.4, 0.5) is 5.69 Å². The van der Waals surface area contributed by atoms with Crippen molar-refractivity contribution in [3.8, 4) is 11.8 Å². The highest BCUT2D eigenvalue weighted by Crippen LogP contribution is 2.19. The average molecular weight is 438 g/mol. The van der Waals surface area contributed by atoms with Crippen molar-refractivity contribution < 1.29 is 14.3 Å². The highest BCUT2D eigenvalue weighted by molar-refractivity contribution is 6.30. The lowest BCUT2D eigenvalue weighted by Gasteiger charge is -2.22. The van der Waals surface area contributed by atoms with E-state index in [0.717, 1.165) is 25.7 Å². The molecule has 3 rings (SSSR count). The zero-order valence-corrected chi connectivity index (χ0v) is 17.8. The maximum atomic E-state index is 12.4. The van der Waals surface area contributed by atoms with Crippen molar-refractivity contribution in [3.63, 3.8) is 0 Å². The van der Waals surface area contributed by atoms with Gasteiger partial charge in [-0.05, 0) is 54.8 Å². The Morgan fingerprint density at radius 2 is 1.87 bits per heavy atom. The first kappa shape index (κ1) is 22.4. The number of hydrogen-bond acceptors (Lipinski definition) is 4. The molecule has 1 aliphatic rings. The second kappa shape index (κ2) is 11.2. The smallest absolute Gasteiger partial charge is 0.262 e. The lowest BCUT2D eigenvalue weighted by Crippen LogP contribution is -2.36. The molecule has 0 unspecified atom stereocenters. The van der Waals surface area contributed by atoms with Crippen LogP contribution < -0.4 is 15.4 Å². The molecule has 2 N–H and O–H groups in total. The molecule has 0 bridgehead atoms. The normalized spacial score (nSPS) is 14.4. The predicted octanol–water partition coefficient (Wildman–Crippen LogP) is 4.71. The van der Waals surface area contributed by atoms with Gasteiger partial charge in [0.25, 0.3) is 11.8 Å². The fraction of sp³-hybridized carbons (Fsp3) is 0.292. The van der Waals surface area contributed by atoms with Gasteiger partial charge in [-0.15, -0.1) is 0 Å². The zero-order chi connectivity index (χ0) is 22.1. The van der Waals surface area contributed by atoms with Crippen molar-refractivity contribution in [3.05, 3.63) is 64.7 Å². The number of benzene rings is 2. The van der Waals surface area contributed by atoms with Gasteiger partial charge < -0.3 is 15.4 Å². The maximum absolute atomic E-state index is 12.4. The van der Waals surface area contributed by atoms with Gasteiger partial charge in [0.1, 0.15) is 17.4 Å². The number of rotatable bonds is 7. The molecule has 2 aromatic rings. The molecule has 160 valence electrons. The molecule has 0 radical (unpaired) electrons. The van der Waals surface area contributed by atoms with Gasteiger partial charge >= 0.3 is 0 Å². The molecule has 1 aliphatic carbocycles. The van der Waals surface area contributed by atoms with Gasteiger partial charge in [0, 0.05) is 16.8 Å². The van der Waals surface area contributed by atoms with E-state index in [1.165, 1.54) is 6.42 Å². The first-order chi connectivity index (χ1) is 15.0. The number of nitrogens with zero attached hydrogens (tertiary/aromatic N) is 1. The quantitative estimate of drug-likeness (QED) is 0.484. The Balaban J connectivity index is 1.52. The van der Waals surface area contributed by atoms with E-state index < -0.39 is 0 Å². The second-order valence-electron chi connectivity index (χ2n) is 7.39. The van der Waals surface area contributed by atoms with Gasteiger partial charge in [0.2, 0.25) is 0 Å². The molecule has 1 saturated carbocycles. The predicted molar refractivity (Wildman–Crippen MR) is 121 cm³/mol. The minimum Gasteiger partial charge on any atom is -0.484 e. The van der Waals surface area contributed by atoms with Crippen LogP contribution in [0.25, 0.3) is 6.08 Å². The number of nitriles is 1. The fourth-order valence-corrected chi connectivity index (χ4v) is 3.59. The molecule has 0 aliphatic heterocycles. The Labute approximate surface area is 186 Å². The molecule has 0 aromatic heterocycles. The Morgan fingerprint density at radius 1 is 1.13 bits per heavy atom. The van der Waals surface area contributed by atoms with E-state index in [2.05, 4.69) is 10.6 Å². The third-order valence-corrected chi connectivity index (χ3v) is 5.21. The summed E-state index contributed by atoms with van der Waals surface area (Å²) in [5, 5.41) is 15.6. The number of ether oxygens (including phenoxy) is 1. The van der Waals surface area contributed by atoms with Crippen molar-refractivity contribution in [1.82, 2.24) is 5.32 Å². The highest BCUT2D eigenvalue weighted by Gasteiger charge is 2.18. The standard InChI is InChI=1S/C24H24ClN3O3/c25-19-5-4-8-21(14-19)27-23(29)16-31-22-11-9-17(10-12-22)13-18(15-26)24(30)28-20-6-2-1-3-7-20/h4-5,8-14,20H,1-3,6-7,16H2,(H,27,29)(H,28,30)/b18-13+. The van der Waals surface area contributed by atoms with E-state index in [9.17, 15) is 14.9 Å². The molecule has 0 heterocycles. The number of anilines is 1. The summed E-state index contributed by atoms with van der Waals surface area (Å²) in [5.74, 6) is -0.145. The largest absolute Gasteiger partial charge is 0.484 e. The van der Waals surface area contributed by atoms with Crippen LogP contribution in [0.15, 0.2) is 54.1 Å². The van der Waals surface area contributed by atoms with E-state index in [1.807, 2.05) is 6.07 Å². The Kier molecular flexibility index (Phi) is 8.08. The molecule has 2 aromatic carbocycles. The van der Waals surface area contributed by atoms with Crippen LogP contribution >= 0.6 is 11.6 Å². The summed E-state index contributed by atoms with van der Waals surface area (Å²) in [7, 11) is 0. The van der Waals surface area contributed by atoms with Crippen LogP contribution in [0.3, 0.4) is 0 Å². The van der Waals surface area contributed by atoms with Gasteiger partial charge in [-0.3, -0.25) is 9.59 Å². The Hall–Kier alpha value is -3.30. The Morgan fingerprint density at radius 3 is 2.55 bits per heavy atom. The van der Waals surface area contributed by atoms with Crippen LogP contribution in [0.2, 0.25) is 5.02 Å². The number of amides is 2. The summed E-state index contributed by atoms with van der Waals surface area (Å²) in [4.78, 5) is 24.4. The molecule has 2 amide bonds. The van der Waals surface area contributed by atoms with Crippen LogP contribution in [0, 0.1) is 11.3 Å². The summed E-state index contributed by atoms with van der Waals surface area (Å²) < 4.78 is 5.49. The van der Waals surface area contributed by atoms with Crippen molar-refractivity contribution in [2.75, 3.05) is 11.9 Å². The number of hydrogen-bond donors (Lipinski definition) is 2. The van der Waals surface area contributed by atoms with Gasteiger partial charge in [-0.25, -0.2) is 0 Å². The fourth-order valence-electron chi connectivity index (χ4n) is 3.40. The third-order valence-electron chi connectivity index (χ3n) is 4.97. The SMILES string of the molecule is N#C/C(=C\c1ccc(OCC(=O)Nc2cccc(Cl)c2)cc1)C(=O)NC1CCCCC1. The van der Waals surface area contributed by atoms with Gasteiger partial charge in [-0.1, -0.05) is 49.1 Å². The minimum absolute atomic E-state index is 0.0696. The molecule has 7 heteroatoms. The van der Waals surface area contributed by atoms with Crippen LogP contribution in [-0.2, 0) is 9.59 Å². The molecule has 0 atom stereocenters. The topological polar surface area (TPSA) is 91.2 Å². The van der Waals surface area contributed by atoms with Gasteiger partial charge in [0.05, 0.1) is 0 Å². The average Bonchev–Trinajstić information content (AvgIpc) is 2.77. The van der Waals surface area contributed by atoms with Crippen LogP contribution in [-0.4, -0.2) is 24.5 Å². The monoisotopic (exact) mass is 437 g/mol. The second-order valence-corrected chi connectivity index (χ2v) is 7.83. The molecule has 1 fully saturated rings. The summed E-state index contributed by atoms with van der Waals surface area (Å²) in [6, 6.07) is 15.8. The van der Waals surface area contributed by atoms with Crippen LogP contribution in [0.5, 0.6) is 5.75 Å². The zero-order valence-electron chi connectivity index (χ0n) is 17.1. The first-order valence-electron chi connectivity index (χ1n) is 10.2. The molecule has 0 saturated heterocycles. The molecular weight excluding hydrogens is 414 g/mol. The van der Waals surface area contributed by atoms with Gasteiger partial charge in [-0.2, -0.15) is 5.26 Å². The molecule has 6 nitrogen and oxygen atoms in total. The summed E-state index contributed by atoms with van der Waals surface area (Å²) in [6.07, 6.45) is 6.88. The molecule has 0 spiro atoms. The maximum Gasteiger partial charge on any atom is 0.262 e. The first-order valence-corrected chi connectivity index (χ1v) is 10.6. The summed E-state index contributed by atoms with van der Waals surface area (Å²) in [6.45, 7) is -0.158. The van der Waals surface area contributed by atoms with Crippen molar-refractivity contribution in [2.45, 2.75) is 38.1 Å². The Bertz CT molecular complexity index is 990.